The Morgan fingerprint density at radius 2 is 1.68 bits per heavy atom. The van der Waals surface area contributed by atoms with Gasteiger partial charge in [0.1, 0.15) is 5.75 Å². The molecule has 34 heavy (non-hydrogen) atoms. The van der Waals surface area contributed by atoms with Crippen molar-refractivity contribution < 1.29 is 9.53 Å². The number of hydrogen-bond acceptors (Lipinski definition) is 4. The third kappa shape index (κ3) is 6.09. The van der Waals surface area contributed by atoms with Crippen molar-refractivity contribution in [3.63, 3.8) is 0 Å². The summed E-state index contributed by atoms with van der Waals surface area (Å²) in [6.45, 7) is 8.35. The summed E-state index contributed by atoms with van der Waals surface area (Å²) in [6.07, 6.45) is 3.42. The van der Waals surface area contributed by atoms with Gasteiger partial charge in [0.15, 0.2) is 0 Å². The van der Waals surface area contributed by atoms with Gasteiger partial charge in [-0.05, 0) is 86.8 Å². The number of carbonyl (C=O) groups excluding carboxylic acids is 1. The monoisotopic (exact) mass is 504 g/mol. The maximum Gasteiger partial charge on any atom is 0.321 e. The molecule has 0 aliphatic carbocycles. The van der Waals surface area contributed by atoms with Crippen molar-refractivity contribution in [3.8, 4) is 5.75 Å². The van der Waals surface area contributed by atoms with E-state index in [2.05, 4.69) is 28.1 Å². The molecule has 2 aromatic carbocycles. The van der Waals surface area contributed by atoms with E-state index in [-0.39, 0.29) is 6.03 Å². The van der Waals surface area contributed by atoms with E-state index in [1.807, 2.05) is 29.2 Å². The van der Waals surface area contributed by atoms with E-state index in [0.717, 1.165) is 62.7 Å². The molecule has 4 rings (SSSR count). The summed E-state index contributed by atoms with van der Waals surface area (Å²) in [6, 6.07) is 11.5. The van der Waals surface area contributed by atoms with Crippen LogP contribution in [0.15, 0.2) is 36.4 Å². The van der Waals surface area contributed by atoms with Crippen LogP contribution < -0.4 is 15.0 Å². The van der Waals surface area contributed by atoms with Crippen molar-refractivity contribution in [1.29, 1.82) is 0 Å². The molecular weight excluding hydrogens is 471 g/mol. The van der Waals surface area contributed by atoms with E-state index in [0.29, 0.717) is 29.1 Å². The minimum atomic E-state index is -0.0716. The first-order chi connectivity index (χ1) is 16.5. The molecule has 0 spiro atoms. The van der Waals surface area contributed by atoms with Gasteiger partial charge >= 0.3 is 6.03 Å². The van der Waals surface area contributed by atoms with Crippen LogP contribution in [0.3, 0.4) is 0 Å². The number of amides is 2. The highest BCUT2D eigenvalue weighted by molar-refractivity contribution is 6.35. The lowest BCUT2D eigenvalue weighted by molar-refractivity contribution is 0.208. The molecule has 2 saturated heterocycles. The fraction of sp³-hybridized carbons (Fsp3) is 0.500. The third-order valence-electron chi connectivity index (χ3n) is 6.83. The molecule has 0 bridgehead atoms. The van der Waals surface area contributed by atoms with Crippen molar-refractivity contribution in [2.45, 2.75) is 32.1 Å². The number of piperidine rings is 1. The van der Waals surface area contributed by atoms with Gasteiger partial charge in [-0.25, -0.2) is 4.79 Å². The lowest BCUT2D eigenvalue weighted by Gasteiger charge is -2.36. The molecule has 0 atom stereocenters. The van der Waals surface area contributed by atoms with Crippen molar-refractivity contribution in [2.24, 2.45) is 0 Å². The molecule has 2 aliphatic rings. The highest BCUT2D eigenvalue weighted by Gasteiger charge is 2.25. The first-order valence-electron chi connectivity index (χ1n) is 12.1. The van der Waals surface area contributed by atoms with Gasteiger partial charge in [0.05, 0.1) is 7.11 Å². The molecular formula is C26H34Cl2N4O2. The zero-order valence-corrected chi connectivity index (χ0v) is 21.5. The Labute approximate surface area is 212 Å². The van der Waals surface area contributed by atoms with Crippen LogP contribution in [-0.2, 0) is 0 Å². The second kappa shape index (κ2) is 11.5. The summed E-state index contributed by atoms with van der Waals surface area (Å²) >= 11 is 12.3. The quantitative estimate of drug-likeness (QED) is 0.528. The number of likely N-dealkylation sites (tertiary alicyclic amines) is 1. The van der Waals surface area contributed by atoms with Crippen molar-refractivity contribution in [2.75, 3.05) is 63.1 Å². The van der Waals surface area contributed by atoms with E-state index in [1.165, 1.54) is 12.0 Å². The summed E-state index contributed by atoms with van der Waals surface area (Å²) < 4.78 is 5.66. The van der Waals surface area contributed by atoms with Gasteiger partial charge in [0, 0.05) is 47.6 Å². The second-order valence-corrected chi connectivity index (χ2v) is 9.98. The highest BCUT2D eigenvalue weighted by atomic mass is 35.5. The number of carbonyl (C=O) groups is 1. The lowest BCUT2D eigenvalue weighted by Crippen LogP contribution is -2.50. The Morgan fingerprint density at radius 1 is 1.00 bits per heavy atom. The fourth-order valence-electron chi connectivity index (χ4n) is 5.01. The van der Waals surface area contributed by atoms with Crippen molar-refractivity contribution in [3.05, 3.63) is 52.0 Å². The summed E-state index contributed by atoms with van der Waals surface area (Å²) in [5.74, 6) is 1.36. The molecule has 2 fully saturated rings. The molecule has 1 N–H and O–H groups in total. The predicted molar refractivity (Wildman–Crippen MR) is 141 cm³/mol. The number of hydrogen-bond donors (Lipinski definition) is 1. The Balaban J connectivity index is 1.36. The smallest absolute Gasteiger partial charge is 0.321 e. The van der Waals surface area contributed by atoms with Crippen LogP contribution in [0.25, 0.3) is 0 Å². The average Bonchev–Trinajstić information content (AvgIpc) is 2.84. The largest absolute Gasteiger partial charge is 0.496 e. The van der Waals surface area contributed by atoms with E-state index in [9.17, 15) is 4.79 Å². The number of methoxy groups -OCH3 is 1. The third-order valence-corrected chi connectivity index (χ3v) is 7.26. The first-order valence-corrected chi connectivity index (χ1v) is 12.9. The zero-order valence-electron chi connectivity index (χ0n) is 20.0. The molecule has 0 aromatic heterocycles. The molecule has 2 heterocycles. The Kier molecular flexibility index (Phi) is 8.46. The average molecular weight is 505 g/mol. The molecule has 6 nitrogen and oxygen atoms in total. The Bertz CT molecular complexity index is 967. The Hall–Kier alpha value is -2.15. The maximum absolute atomic E-state index is 13.0. The van der Waals surface area contributed by atoms with E-state index < -0.39 is 0 Å². The molecule has 0 saturated carbocycles. The minimum Gasteiger partial charge on any atom is -0.496 e. The molecule has 2 aromatic rings. The lowest BCUT2D eigenvalue weighted by atomic mass is 9.88. The molecule has 2 amide bonds. The number of urea groups is 1. The number of benzene rings is 2. The number of rotatable bonds is 6. The summed E-state index contributed by atoms with van der Waals surface area (Å²) in [4.78, 5) is 19.6. The molecule has 0 radical (unpaired) electrons. The standard InChI is InChI=1S/C26H34Cl2N4O2/c1-3-8-30-9-6-19(7-10-30)24-18-22(4-5-25(24)34-2)29-26(33)32-13-11-31(12-14-32)23-16-20(27)15-21(28)17-23/h4-5,15-19H,3,6-14H2,1-2H3,(H,29,33). The number of halogens is 2. The van der Waals surface area contributed by atoms with Gasteiger partial charge < -0.3 is 24.8 Å². The topological polar surface area (TPSA) is 48.1 Å². The number of piperazine rings is 1. The summed E-state index contributed by atoms with van der Waals surface area (Å²) in [5, 5.41) is 4.34. The number of anilines is 2. The normalized spacial score (nSPS) is 17.6. The molecule has 184 valence electrons. The van der Waals surface area contributed by atoms with Gasteiger partial charge in [-0.3, -0.25) is 0 Å². The van der Waals surface area contributed by atoms with E-state index in [1.54, 1.807) is 13.2 Å². The first kappa shape index (κ1) is 25.0. The van der Waals surface area contributed by atoms with Crippen LogP contribution in [0, 0.1) is 0 Å². The number of nitrogens with zero attached hydrogens (tertiary/aromatic N) is 3. The van der Waals surface area contributed by atoms with Gasteiger partial charge in [-0.15, -0.1) is 0 Å². The van der Waals surface area contributed by atoms with Gasteiger partial charge in [0.2, 0.25) is 0 Å². The van der Waals surface area contributed by atoms with Crippen molar-refractivity contribution in [1.82, 2.24) is 9.80 Å². The molecule has 8 heteroatoms. The summed E-state index contributed by atoms with van der Waals surface area (Å²) in [5.41, 5.74) is 3.00. The minimum absolute atomic E-state index is 0.0716. The second-order valence-electron chi connectivity index (χ2n) is 9.10. The number of nitrogens with one attached hydrogen (secondary N) is 1. The van der Waals surface area contributed by atoms with Crippen LogP contribution in [0.2, 0.25) is 10.0 Å². The van der Waals surface area contributed by atoms with E-state index in [4.69, 9.17) is 27.9 Å². The fourth-order valence-corrected chi connectivity index (χ4v) is 5.52. The zero-order chi connectivity index (χ0) is 24.1. The Morgan fingerprint density at radius 3 is 2.29 bits per heavy atom. The molecule has 0 unspecified atom stereocenters. The predicted octanol–water partition coefficient (Wildman–Crippen LogP) is 5.95. The number of ether oxygens (including phenoxy) is 1. The van der Waals surface area contributed by atoms with Crippen LogP contribution in [-0.4, -0.2) is 68.8 Å². The van der Waals surface area contributed by atoms with Crippen molar-refractivity contribution >= 4 is 40.6 Å². The van der Waals surface area contributed by atoms with Crippen LogP contribution in [0.5, 0.6) is 5.75 Å². The van der Waals surface area contributed by atoms with Gasteiger partial charge in [-0.1, -0.05) is 30.1 Å². The SMILES string of the molecule is CCCN1CCC(c2cc(NC(=O)N3CCN(c4cc(Cl)cc(Cl)c4)CC3)ccc2OC)CC1. The highest BCUT2D eigenvalue weighted by Crippen LogP contribution is 2.36. The van der Waals surface area contributed by atoms with E-state index >= 15 is 0 Å². The van der Waals surface area contributed by atoms with Crippen LogP contribution in [0.1, 0.15) is 37.7 Å². The van der Waals surface area contributed by atoms with Crippen LogP contribution >= 0.6 is 23.2 Å². The maximum atomic E-state index is 13.0. The summed E-state index contributed by atoms with van der Waals surface area (Å²) in [7, 11) is 1.72. The van der Waals surface area contributed by atoms with Crippen LogP contribution in [0.4, 0.5) is 16.2 Å². The van der Waals surface area contributed by atoms with Gasteiger partial charge in [-0.2, -0.15) is 0 Å². The molecule has 2 aliphatic heterocycles. The van der Waals surface area contributed by atoms with Gasteiger partial charge in [0.25, 0.3) is 0 Å².